The fourth-order valence-electron chi connectivity index (χ4n) is 2.62. The van der Waals surface area contributed by atoms with Crippen molar-refractivity contribution in [3.8, 4) is 0 Å². The molecule has 0 radical (unpaired) electrons. The molecule has 1 rings (SSSR count). The van der Waals surface area contributed by atoms with Crippen molar-refractivity contribution in [2.75, 3.05) is 20.1 Å². The molecule has 20 heavy (non-hydrogen) atoms. The van der Waals surface area contributed by atoms with Crippen LogP contribution in [0.3, 0.4) is 0 Å². The van der Waals surface area contributed by atoms with Gasteiger partial charge in [-0.2, -0.15) is 0 Å². The van der Waals surface area contributed by atoms with Crippen molar-refractivity contribution < 1.29 is 16.9 Å². The van der Waals surface area contributed by atoms with Gasteiger partial charge in [-0.05, 0) is 24.1 Å². The third-order valence-corrected chi connectivity index (χ3v) is 3.93. The number of unbranched alkanes of at least 4 members (excludes halogenated alkanes) is 1. The average molecular weight is 294 g/mol. The predicted molar refractivity (Wildman–Crippen MR) is 85.2 cm³/mol. The number of hydrogen-bond donors (Lipinski definition) is 0. The van der Waals surface area contributed by atoms with E-state index in [0.29, 0.717) is 6.04 Å². The van der Waals surface area contributed by atoms with Crippen LogP contribution in [0.15, 0.2) is 55.6 Å². The van der Waals surface area contributed by atoms with Crippen LogP contribution in [0.25, 0.3) is 0 Å². The summed E-state index contributed by atoms with van der Waals surface area (Å²) < 4.78 is 1.01. The summed E-state index contributed by atoms with van der Waals surface area (Å²) in [6.07, 6.45) is 7.70. The molecule has 0 heterocycles. The third-order valence-electron chi connectivity index (χ3n) is 3.93. The van der Waals surface area contributed by atoms with Crippen molar-refractivity contribution >= 4 is 0 Å². The lowest BCUT2D eigenvalue weighted by Gasteiger charge is -2.40. The van der Waals surface area contributed by atoms with Crippen LogP contribution < -0.4 is 12.4 Å². The molecular formula is C18H28ClN. The number of quaternary nitrogens is 1. The second-order valence-electron chi connectivity index (χ2n) is 5.52. The maximum atomic E-state index is 4.06. The molecule has 0 aliphatic heterocycles. The van der Waals surface area contributed by atoms with Gasteiger partial charge in [0.25, 0.3) is 0 Å². The van der Waals surface area contributed by atoms with E-state index in [9.17, 15) is 0 Å². The standard InChI is InChI=1S/C18H28N.ClH/c1-5-8-15-19(4,14-6-2)18(7-3)16-17-12-10-9-11-13-17;/h6-7,9-13,18H,2-3,5,8,14-16H2,1,4H3;1H/q+1;/p-1. The van der Waals surface area contributed by atoms with Gasteiger partial charge in [0.15, 0.2) is 0 Å². The fraction of sp³-hybridized carbons (Fsp3) is 0.444. The van der Waals surface area contributed by atoms with Gasteiger partial charge in [0, 0.05) is 6.42 Å². The Balaban J connectivity index is 0.00000361. The second kappa shape index (κ2) is 9.79. The summed E-state index contributed by atoms with van der Waals surface area (Å²) in [5, 5.41) is 0. The smallest absolute Gasteiger partial charge is 0.111 e. The van der Waals surface area contributed by atoms with E-state index < -0.39 is 0 Å². The van der Waals surface area contributed by atoms with Crippen molar-refractivity contribution in [2.45, 2.75) is 32.2 Å². The van der Waals surface area contributed by atoms with E-state index >= 15 is 0 Å². The number of benzene rings is 1. The maximum absolute atomic E-state index is 4.06. The third kappa shape index (κ3) is 5.52. The molecule has 0 fully saturated rings. The van der Waals surface area contributed by atoms with E-state index in [4.69, 9.17) is 0 Å². The minimum atomic E-state index is 0. The first-order chi connectivity index (χ1) is 9.16. The molecule has 0 spiro atoms. The Morgan fingerprint density at radius 2 is 1.85 bits per heavy atom. The summed E-state index contributed by atoms with van der Waals surface area (Å²) in [5.74, 6) is 0. The van der Waals surface area contributed by atoms with Gasteiger partial charge in [0.1, 0.15) is 6.04 Å². The average Bonchev–Trinajstić information content (AvgIpc) is 2.44. The molecule has 0 saturated heterocycles. The first-order valence-electron chi connectivity index (χ1n) is 7.28. The van der Waals surface area contributed by atoms with Gasteiger partial charge in [-0.15, -0.1) is 0 Å². The summed E-state index contributed by atoms with van der Waals surface area (Å²) in [7, 11) is 2.33. The first kappa shape index (κ1) is 18.9. The Kier molecular flexibility index (Phi) is 9.28. The highest BCUT2D eigenvalue weighted by Crippen LogP contribution is 2.18. The molecular weight excluding hydrogens is 266 g/mol. The minimum Gasteiger partial charge on any atom is -1.00 e. The molecule has 112 valence electrons. The lowest BCUT2D eigenvalue weighted by Crippen LogP contribution is -3.00. The van der Waals surface area contributed by atoms with Crippen LogP contribution in [-0.2, 0) is 6.42 Å². The summed E-state index contributed by atoms with van der Waals surface area (Å²) in [6, 6.07) is 11.1. The number of halogens is 1. The van der Waals surface area contributed by atoms with Crippen molar-refractivity contribution in [2.24, 2.45) is 0 Å². The number of rotatable bonds is 9. The Labute approximate surface area is 131 Å². The summed E-state index contributed by atoms with van der Waals surface area (Å²) in [6.45, 7) is 12.4. The lowest BCUT2D eigenvalue weighted by molar-refractivity contribution is -0.921. The SMILES string of the molecule is C=CC[N+](C)(CCCC)C(C=C)Cc1ccccc1.[Cl-]. The molecule has 2 unspecified atom stereocenters. The van der Waals surface area contributed by atoms with E-state index in [2.05, 4.69) is 63.5 Å². The normalized spacial score (nSPS) is 14.7. The number of hydrogen-bond acceptors (Lipinski definition) is 0. The molecule has 0 aliphatic rings. The van der Waals surface area contributed by atoms with Gasteiger partial charge < -0.3 is 16.9 Å². The van der Waals surface area contributed by atoms with Crippen molar-refractivity contribution in [1.82, 2.24) is 0 Å². The highest BCUT2D eigenvalue weighted by atomic mass is 35.5. The van der Waals surface area contributed by atoms with E-state index in [-0.39, 0.29) is 12.4 Å². The Morgan fingerprint density at radius 3 is 2.35 bits per heavy atom. The van der Waals surface area contributed by atoms with Crippen LogP contribution in [0.4, 0.5) is 0 Å². The van der Waals surface area contributed by atoms with Crippen LogP contribution in [0, 0.1) is 0 Å². The van der Waals surface area contributed by atoms with E-state index in [1.165, 1.54) is 24.9 Å². The first-order valence-corrected chi connectivity index (χ1v) is 7.28. The predicted octanol–water partition coefficient (Wildman–Crippen LogP) is 1.22. The Bertz CT molecular complexity index is 388. The molecule has 2 heteroatoms. The Hall–Kier alpha value is -1.05. The van der Waals surface area contributed by atoms with Crippen LogP contribution in [0.5, 0.6) is 0 Å². The lowest BCUT2D eigenvalue weighted by atomic mass is 10.0. The van der Waals surface area contributed by atoms with Crippen LogP contribution in [-0.4, -0.2) is 30.7 Å². The monoisotopic (exact) mass is 293 g/mol. The van der Waals surface area contributed by atoms with Crippen molar-refractivity contribution in [3.63, 3.8) is 0 Å². The molecule has 1 aromatic carbocycles. The molecule has 1 aromatic rings. The zero-order valence-corrected chi connectivity index (χ0v) is 13.6. The summed E-state index contributed by atoms with van der Waals surface area (Å²) >= 11 is 0. The van der Waals surface area contributed by atoms with Gasteiger partial charge in [0.05, 0.1) is 20.1 Å². The molecule has 1 nitrogen and oxygen atoms in total. The van der Waals surface area contributed by atoms with Crippen LogP contribution in [0.1, 0.15) is 25.3 Å². The molecule has 0 aliphatic carbocycles. The summed E-state index contributed by atoms with van der Waals surface area (Å²) in [4.78, 5) is 0. The van der Waals surface area contributed by atoms with E-state index in [1.54, 1.807) is 0 Å². The minimum absolute atomic E-state index is 0. The summed E-state index contributed by atoms with van der Waals surface area (Å²) in [5.41, 5.74) is 1.39. The zero-order valence-electron chi connectivity index (χ0n) is 12.9. The van der Waals surface area contributed by atoms with Crippen LogP contribution >= 0.6 is 0 Å². The number of likely N-dealkylation sites (N-methyl/N-ethyl adjacent to an activating group) is 1. The van der Waals surface area contributed by atoms with Crippen molar-refractivity contribution in [3.05, 3.63) is 61.2 Å². The topological polar surface area (TPSA) is 0 Å². The molecule has 2 atom stereocenters. The molecule has 0 amide bonds. The highest BCUT2D eigenvalue weighted by molar-refractivity contribution is 5.16. The molecule has 0 aromatic heterocycles. The second-order valence-corrected chi connectivity index (χ2v) is 5.52. The van der Waals surface area contributed by atoms with Gasteiger partial charge >= 0.3 is 0 Å². The Morgan fingerprint density at radius 1 is 1.20 bits per heavy atom. The van der Waals surface area contributed by atoms with E-state index in [0.717, 1.165) is 17.4 Å². The largest absolute Gasteiger partial charge is 1.00 e. The van der Waals surface area contributed by atoms with Gasteiger partial charge in [-0.25, -0.2) is 0 Å². The van der Waals surface area contributed by atoms with Crippen LogP contribution in [0.2, 0.25) is 0 Å². The molecule has 0 N–H and O–H groups in total. The number of nitrogens with zero attached hydrogens (tertiary/aromatic N) is 1. The molecule has 0 bridgehead atoms. The van der Waals surface area contributed by atoms with Crippen molar-refractivity contribution in [1.29, 1.82) is 0 Å². The maximum Gasteiger partial charge on any atom is 0.111 e. The quantitative estimate of drug-likeness (QED) is 0.474. The zero-order chi connectivity index (χ0) is 14.1. The highest BCUT2D eigenvalue weighted by Gasteiger charge is 2.28. The van der Waals surface area contributed by atoms with Gasteiger partial charge in [-0.1, -0.05) is 56.8 Å². The fourth-order valence-corrected chi connectivity index (χ4v) is 2.62. The van der Waals surface area contributed by atoms with E-state index in [1.807, 2.05) is 6.08 Å². The molecule has 0 saturated carbocycles. The van der Waals surface area contributed by atoms with Gasteiger partial charge in [0.2, 0.25) is 0 Å². The van der Waals surface area contributed by atoms with Gasteiger partial charge in [-0.3, -0.25) is 0 Å².